The van der Waals surface area contributed by atoms with Crippen LogP contribution in [-0.2, 0) is 36.6 Å². The first-order chi connectivity index (χ1) is 23.0. The number of aromatic amines is 1. The van der Waals surface area contributed by atoms with Gasteiger partial charge >= 0.3 is 30.1 Å². The molecular formula is C31H34F3N5O10. The summed E-state index contributed by atoms with van der Waals surface area (Å²) in [5.41, 5.74) is -0.0526. The maximum absolute atomic E-state index is 13.2. The number of fused-ring (bicyclic) bond motifs is 1. The predicted octanol–water partition coefficient (Wildman–Crippen LogP) is 1.32. The second kappa shape index (κ2) is 17.2. The number of carbonyl (C=O) groups is 5. The number of amides is 1. The third-order valence-corrected chi connectivity index (χ3v) is 7.13. The Morgan fingerprint density at radius 2 is 1.22 bits per heavy atom. The second-order valence-electron chi connectivity index (χ2n) is 11.1. The summed E-state index contributed by atoms with van der Waals surface area (Å²) < 4.78 is 39.6. The average Bonchev–Trinajstić information content (AvgIpc) is 2.96. The summed E-state index contributed by atoms with van der Waals surface area (Å²) in [6.45, 7) is -3.10. The van der Waals surface area contributed by atoms with Gasteiger partial charge in [0.1, 0.15) is 0 Å². The zero-order valence-electron chi connectivity index (χ0n) is 25.9. The van der Waals surface area contributed by atoms with Gasteiger partial charge in [0.05, 0.1) is 43.8 Å². The van der Waals surface area contributed by atoms with E-state index in [2.05, 4.69) is 10.3 Å². The number of aromatic nitrogens is 1. The van der Waals surface area contributed by atoms with Gasteiger partial charge in [-0.3, -0.25) is 43.5 Å². The maximum atomic E-state index is 13.2. The van der Waals surface area contributed by atoms with E-state index in [9.17, 15) is 52.2 Å². The van der Waals surface area contributed by atoms with E-state index in [1.165, 1.54) is 40.1 Å². The number of hydrogen-bond acceptors (Lipinski definition) is 9. The molecule has 1 aromatic heterocycles. The van der Waals surface area contributed by atoms with E-state index in [1.807, 2.05) is 0 Å². The molecule has 0 atom stereocenters. The van der Waals surface area contributed by atoms with Crippen LogP contribution in [0.15, 0.2) is 53.3 Å². The molecule has 0 saturated carbocycles. The lowest BCUT2D eigenvalue weighted by molar-refractivity contribution is -0.143. The number of nitrogens with zero attached hydrogens (tertiary/aromatic N) is 3. The molecule has 0 radical (unpaired) electrons. The van der Waals surface area contributed by atoms with Crippen LogP contribution in [0.1, 0.15) is 16.7 Å². The lowest BCUT2D eigenvalue weighted by Crippen LogP contribution is -2.46. The maximum Gasteiger partial charge on any atom is 0.416 e. The van der Waals surface area contributed by atoms with Gasteiger partial charge < -0.3 is 30.7 Å². The van der Waals surface area contributed by atoms with Crippen LogP contribution >= 0.6 is 0 Å². The van der Waals surface area contributed by atoms with Crippen LogP contribution in [0.2, 0.25) is 0 Å². The summed E-state index contributed by atoms with van der Waals surface area (Å²) in [7, 11) is 0. The first-order valence-corrected chi connectivity index (χ1v) is 14.6. The molecule has 1 amide bonds. The number of H-pyrrole nitrogens is 1. The topological polar surface area (TPSA) is 221 Å². The Hall–Kier alpha value is -5.33. The highest BCUT2D eigenvalue weighted by Gasteiger charge is 2.30. The Kier molecular flexibility index (Phi) is 13.4. The van der Waals surface area contributed by atoms with Gasteiger partial charge in [-0.25, -0.2) is 0 Å². The lowest BCUT2D eigenvalue weighted by atomic mass is 9.99. The zero-order valence-corrected chi connectivity index (χ0v) is 25.9. The number of halogens is 3. The molecule has 264 valence electrons. The van der Waals surface area contributed by atoms with Crippen molar-refractivity contribution >= 4 is 46.4 Å². The Morgan fingerprint density at radius 1 is 0.694 bits per heavy atom. The predicted molar refractivity (Wildman–Crippen MR) is 167 cm³/mol. The number of rotatable bonds is 19. The van der Waals surface area contributed by atoms with Gasteiger partial charge in [-0.2, -0.15) is 13.2 Å². The molecule has 0 fully saturated rings. The number of nitrogens with one attached hydrogen (secondary N) is 2. The minimum absolute atomic E-state index is 0.0240. The van der Waals surface area contributed by atoms with Gasteiger partial charge in [0.25, 0.3) is 0 Å². The molecule has 0 aliphatic heterocycles. The van der Waals surface area contributed by atoms with Crippen LogP contribution in [-0.4, -0.2) is 129 Å². The molecule has 6 N–H and O–H groups in total. The van der Waals surface area contributed by atoms with Crippen molar-refractivity contribution in [3.05, 3.63) is 75.6 Å². The molecule has 0 aliphatic rings. The monoisotopic (exact) mass is 693 g/mol. The van der Waals surface area contributed by atoms with Crippen LogP contribution in [0.3, 0.4) is 0 Å². The lowest BCUT2D eigenvalue weighted by Gasteiger charge is -2.27. The molecule has 0 unspecified atom stereocenters. The molecule has 0 spiro atoms. The van der Waals surface area contributed by atoms with E-state index in [1.54, 1.807) is 6.07 Å². The van der Waals surface area contributed by atoms with Crippen LogP contribution < -0.4 is 10.9 Å². The van der Waals surface area contributed by atoms with Crippen molar-refractivity contribution in [1.82, 2.24) is 19.7 Å². The van der Waals surface area contributed by atoms with Gasteiger partial charge in [-0.15, -0.1) is 0 Å². The molecule has 15 nitrogen and oxygen atoms in total. The number of aliphatic carboxylic acids is 4. The molecule has 3 rings (SSSR count). The summed E-state index contributed by atoms with van der Waals surface area (Å²) in [6.07, 6.45) is -4.51. The molecule has 2 aromatic carbocycles. The number of carboxylic acids is 4. The standard InChI is InChI=1S/C31H34F3N5O10/c32-31(33,34)21-3-1-2-19(11-21)10-20-12-25(40)36-24-13-22(4-5-23(20)24)35-26(41)14-38(16-28(44)45)8-6-37(15-27(42)43)7-9-39(17-29(46)47)18-30(48)49/h1-5,11-13H,6-10,14-18H2,(H,35,41)(H,36,40)(H,42,43)(H,44,45)(H,46,47)(H,48,49). The number of alkyl halides is 3. The van der Waals surface area contributed by atoms with Crippen molar-refractivity contribution in [2.24, 2.45) is 0 Å². The fourth-order valence-electron chi connectivity index (χ4n) is 5.07. The quantitative estimate of drug-likeness (QED) is 0.104. The van der Waals surface area contributed by atoms with Crippen molar-refractivity contribution in [1.29, 1.82) is 0 Å². The summed E-state index contributed by atoms with van der Waals surface area (Å²) in [6, 6.07) is 10.5. The highest BCUT2D eigenvalue weighted by Crippen LogP contribution is 2.30. The molecule has 3 aromatic rings. The Morgan fingerprint density at radius 3 is 1.78 bits per heavy atom. The molecule has 0 saturated heterocycles. The summed E-state index contributed by atoms with van der Waals surface area (Å²) >= 11 is 0. The average molecular weight is 694 g/mol. The third kappa shape index (κ3) is 13.0. The zero-order chi connectivity index (χ0) is 36.3. The number of pyridine rings is 1. The number of hydrogen-bond donors (Lipinski definition) is 6. The van der Waals surface area contributed by atoms with Crippen molar-refractivity contribution in [3.8, 4) is 0 Å². The molecule has 1 heterocycles. The van der Waals surface area contributed by atoms with Crippen molar-refractivity contribution in [2.75, 3.05) is 64.2 Å². The molecule has 0 bridgehead atoms. The number of benzene rings is 2. The highest BCUT2D eigenvalue weighted by atomic mass is 19.4. The summed E-state index contributed by atoms with van der Waals surface area (Å²) in [5.74, 6) is -5.72. The largest absolute Gasteiger partial charge is 0.480 e. The first-order valence-electron chi connectivity index (χ1n) is 14.6. The third-order valence-electron chi connectivity index (χ3n) is 7.13. The summed E-state index contributed by atoms with van der Waals surface area (Å²) in [5, 5.41) is 39.9. The normalized spacial score (nSPS) is 11.7. The SMILES string of the molecule is O=C(O)CN(CCN(CC(=O)O)CC(=O)O)CCN(CC(=O)O)CC(=O)Nc1ccc2c(Cc3cccc(C(F)(F)F)c3)cc(=O)[nH]c2c1. The van der Waals surface area contributed by atoms with Gasteiger partial charge in [0.15, 0.2) is 0 Å². The van der Waals surface area contributed by atoms with Crippen molar-refractivity contribution < 1.29 is 57.6 Å². The van der Waals surface area contributed by atoms with Crippen LogP contribution in [0.25, 0.3) is 10.9 Å². The van der Waals surface area contributed by atoms with Crippen LogP contribution in [0, 0.1) is 0 Å². The van der Waals surface area contributed by atoms with E-state index in [-0.39, 0.29) is 38.3 Å². The van der Waals surface area contributed by atoms with E-state index in [4.69, 9.17) is 10.2 Å². The molecule has 49 heavy (non-hydrogen) atoms. The summed E-state index contributed by atoms with van der Waals surface area (Å²) in [4.78, 5) is 76.7. The van der Waals surface area contributed by atoms with Crippen molar-refractivity contribution in [3.63, 3.8) is 0 Å². The number of carboxylic acid groups (broad SMARTS) is 4. The Bertz CT molecular complexity index is 1730. The molecule has 0 aliphatic carbocycles. The van der Waals surface area contributed by atoms with E-state index in [0.29, 0.717) is 22.0 Å². The fraction of sp³-hybridized carbons (Fsp3) is 0.355. The van der Waals surface area contributed by atoms with E-state index >= 15 is 0 Å². The minimum Gasteiger partial charge on any atom is -0.480 e. The fourth-order valence-corrected chi connectivity index (χ4v) is 5.07. The second-order valence-corrected chi connectivity index (χ2v) is 11.1. The van der Waals surface area contributed by atoms with Gasteiger partial charge in [0.2, 0.25) is 11.5 Å². The van der Waals surface area contributed by atoms with E-state index in [0.717, 1.165) is 17.0 Å². The van der Waals surface area contributed by atoms with Crippen molar-refractivity contribution in [2.45, 2.75) is 12.6 Å². The molecular weight excluding hydrogens is 659 g/mol. The number of carbonyl (C=O) groups excluding carboxylic acids is 1. The van der Waals surface area contributed by atoms with Crippen LogP contribution in [0.5, 0.6) is 0 Å². The Balaban J connectivity index is 1.70. The molecule has 18 heteroatoms. The van der Waals surface area contributed by atoms with Gasteiger partial charge in [-0.1, -0.05) is 24.3 Å². The van der Waals surface area contributed by atoms with Gasteiger partial charge in [0, 0.05) is 43.3 Å². The van der Waals surface area contributed by atoms with E-state index < -0.39 is 79.8 Å². The van der Waals surface area contributed by atoms with Crippen LogP contribution in [0.4, 0.5) is 18.9 Å². The smallest absolute Gasteiger partial charge is 0.416 e. The highest BCUT2D eigenvalue weighted by molar-refractivity contribution is 5.95. The van der Waals surface area contributed by atoms with Gasteiger partial charge in [-0.05, 0) is 35.7 Å². The number of anilines is 1. The minimum atomic E-state index is -4.54. The first kappa shape index (κ1) is 38.1. The Labute approximate surface area is 276 Å².